The molecule has 0 radical (unpaired) electrons. The molecule has 0 amide bonds. The van der Waals surface area contributed by atoms with Crippen LogP contribution in [-0.2, 0) is 10.0 Å². The Morgan fingerprint density at radius 2 is 2.10 bits per heavy atom. The highest BCUT2D eigenvalue weighted by atomic mass is 32.2. The molecule has 1 atom stereocenters. The van der Waals surface area contributed by atoms with Gasteiger partial charge in [-0.3, -0.25) is 0 Å². The van der Waals surface area contributed by atoms with Gasteiger partial charge < -0.3 is 4.52 Å². The van der Waals surface area contributed by atoms with E-state index in [2.05, 4.69) is 9.88 Å². The molecule has 2 heterocycles. The molecule has 5 nitrogen and oxygen atoms in total. The molecule has 7 heteroatoms. The fraction of sp³-hybridized carbons (Fsp3) is 0.462. The van der Waals surface area contributed by atoms with Gasteiger partial charge in [-0.15, -0.1) is 11.3 Å². The van der Waals surface area contributed by atoms with Crippen LogP contribution in [0.15, 0.2) is 21.6 Å². The summed E-state index contributed by atoms with van der Waals surface area (Å²) in [4.78, 5) is 1.82. The van der Waals surface area contributed by atoms with Crippen LogP contribution in [0.2, 0.25) is 0 Å². The van der Waals surface area contributed by atoms with Gasteiger partial charge in [-0.25, -0.2) is 13.1 Å². The standard InChI is InChI=1S/C13H18N2O3S2/c1-5-8(2)15-20(16,17)13-7-12(19-10(13)4)11-6-9(3)14-18-11/h6-8,15H,5H2,1-4H3. The first kappa shape index (κ1) is 15.2. The summed E-state index contributed by atoms with van der Waals surface area (Å²) in [6, 6.07) is 3.35. The van der Waals surface area contributed by atoms with Crippen molar-refractivity contribution in [1.82, 2.24) is 9.88 Å². The van der Waals surface area contributed by atoms with Crippen molar-refractivity contribution in [3.05, 3.63) is 22.7 Å². The first-order valence-corrected chi connectivity index (χ1v) is 8.70. The van der Waals surface area contributed by atoms with Crippen LogP contribution < -0.4 is 4.72 Å². The van der Waals surface area contributed by atoms with Crippen molar-refractivity contribution in [3.8, 4) is 10.6 Å². The highest BCUT2D eigenvalue weighted by molar-refractivity contribution is 7.89. The summed E-state index contributed by atoms with van der Waals surface area (Å²) in [7, 11) is -3.48. The van der Waals surface area contributed by atoms with Crippen LogP contribution in [0.5, 0.6) is 0 Å². The van der Waals surface area contributed by atoms with Gasteiger partial charge in [0.25, 0.3) is 0 Å². The van der Waals surface area contributed by atoms with Gasteiger partial charge in [-0.1, -0.05) is 12.1 Å². The zero-order valence-electron chi connectivity index (χ0n) is 11.9. The smallest absolute Gasteiger partial charge is 0.241 e. The first-order chi connectivity index (χ1) is 9.33. The second-order valence-corrected chi connectivity index (χ2v) is 7.73. The number of nitrogens with one attached hydrogen (secondary N) is 1. The molecule has 0 aromatic carbocycles. The molecule has 110 valence electrons. The van der Waals surface area contributed by atoms with Crippen molar-refractivity contribution in [2.75, 3.05) is 0 Å². The van der Waals surface area contributed by atoms with Crippen molar-refractivity contribution in [2.24, 2.45) is 0 Å². The zero-order chi connectivity index (χ0) is 14.9. The number of hydrogen-bond acceptors (Lipinski definition) is 5. The van der Waals surface area contributed by atoms with Gasteiger partial charge in [-0.05, 0) is 33.3 Å². The molecule has 20 heavy (non-hydrogen) atoms. The summed E-state index contributed by atoms with van der Waals surface area (Å²) >= 11 is 1.39. The van der Waals surface area contributed by atoms with Crippen molar-refractivity contribution in [1.29, 1.82) is 0 Å². The number of thiophene rings is 1. The van der Waals surface area contributed by atoms with E-state index >= 15 is 0 Å². The molecule has 2 rings (SSSR count). The topological polar surface area (TPSA) is 72.2 Å². The van der Waals surface area contributed by atoms with E-state index < -0.39 is 10.0 Å². The molecule has 0 aliphatic rings. The van der Waals surface area contributed by atoms with E-state index in [-0.39, 0.29) is 6.04 Å². The lowest BCUT2D eigenvalue weighted by Crippen LogP contribution is -2.32. The van der Waals surface area contributed by atoms with Gasteiger partial charge in [0.05, 0.1) is 15.5 Å². The van der Waals surface area contributed by atoms with Crippen LogP contribution in [0.3, 0.4) is 0 Å². The monoisotopic (exact) mass is 314 g/mol. The van der Waals surface area contributed by atoms with Crippen LogP contribution >= 0.6 is 11.3 Å². The molecule has 2 aromatic rings. The molecule has 0 fully saturated rings. The predicted octanol–water partition coefficient (Wildman–Crippen LogP) is 3.10. The quantitative estimate of drug-likeness (QED) is 0.920. The number of nitrogens with zero attached hydrogens (tertiary/aromatic N) is 1. The second kappa shape index (κ2) is 5.67. The van der Waals surface area contributed by atoms with Gasteiger partial charge in [-0.2, -0.15) is 0 Å². The maximum Gasteiger partial charge on any atom is 0.241 e. The van der Waals surface area contributed by atoms with Gasteiger partial charge in [0.2, 0.25) is 10.0 Å². The molecule has 0 saturated heterocycles. The maximum atomic E-state index is 12.3. The summed E-state index contributed by atoms with van der Waals surface area (Å²) < 4.78 is 32.5. The minimum Gasteiger partial charge on any atom is -0.355 e. The fourth-order valence-electron chi connectivity index (χ4n) is 1.74. The zero-order valence-corrected chi connectivity index (χ0v) is 13.6. The van der Waals surface area contributed by atoms with Crippen molar-refractivity contribution >= 4 is 21.4 Å². The average molecular weight is 314 g/mol. The summed E-state index contributed by atoms with van der Waals surface area (Å²) in [5, 5.41) is 3.82. The normalized spacial score (nSPS) is 13.6. The van der Waals surface area contributed by atoms with E-state index in [0.717, 1.165) is 21.9 Å². The van der Waals surface area contributed by atoms with Crippen LogP contribution in [-0.4, -0.2) is 19.6 Å². The summed E-state index contributed by atoms with van der Waals surface area (Å²) in [6.45, 7) is 7.41. The Morgan fingerprint density at radius 1 is 1.40 bits per heavy atom. The van der Waals surface area contributed by atoms with Crippen molar-refractivity contribution in [2.45, 2.75) is 45.1 Å². The Bertz CT molecular complexity index is 701. The van der Waals surface area contributed by atoms with Crippen LogP contribution in [0.25, 0.3) is 10.6 Å². The Morgan fingerprint density at radius 3 is 2.65 bits per heavy atom. The van der Waals surface area contributed by atoms with E-state index in [1.807, 2.05) is 20.8 Å². The largest absolute Gasteiger partial charge is 0.355 e. The fourth-order valence-corrected chi connectivity index (χ4v) is 4.61. The lowest BCUT2D eigenvalue weighted by molar-refractivity contribution is 0.428. The third-order valence-electron chi connectivity index (χ3n) is 3.00. The molecule has 0 aliphatic carbocycles. The number of sulfonamides is 1. The lowest BCUT2D eigenvalue weighted by atomic mass is 10.3. The lowest BCUT2D eigenvalue weighted by Gasteiger charge is -2.11. The molecule has 0 bridgehead atoms. The van der Waals surface area contributed by atoms with E-state index in [0.29, 0.717) is 10.7 Å². The van der Waals surface area contributed by atoms with Crippen LogP contribution in [0.4, 0.5) is 0 Å². The third kappa shape index (κ3) is 3.11. The van der Waals surface area contributed by atoms with E-state index in [1.165, 1.54) is 11.3 Å². The molecular weight excluding hydrogens is 296 g/mol. The molecule has 0 saturated carbocycles. The number of hydrogen-bond donors (Lipinski definition) is 1. The van der Waals surface area contributed by atoms with Crippen molar-refractivity contribution in [3.63, 3.8) is 0 Å². The molecular formula is C13H18N2O3S2. The Hall–Kier alpha value is -1.18. The van der Waals surface area contributed by atoms with Gasteiger partial charge in [0.15, 0.2) is 5.76 Å². The maximum absolute atomic E-state index is 12.3. The molecule has 1 unspecified atom stereocenters. The van der Waals surface area contributed by atoms with E-state index in [1.54, 1.807) is 19.1 Å². The highest BCUT2D eigenvalue weighted by Gasteiger charge is 2.22. The van der Waals surface area contributed by atoms with Gasteiger partial charge in [0, 0.05) is 17.0 Å². The van der Waals surface area contributed by atoms with Gasteiger partial charge in [0.1, 0.15) is 0 Å². The molecule has 1 N–H and O–H groups in total. The summed E-state index contributed by atoms with van der Waals surface area (Å²) in [5.41, 5.74) is 0.771. The predicted molar refractivity (Wildman–Crippen MR) is 79.4 cm³/mol. The molecule has 0 spiro atoms. The molecule has 2 aromatic heterocycles. The third-order valence-corrected chi connectivity index (χ3v) is 5.91. The molecule has 0 aliphatic heterocycles. The van der Waals surface area contributed by atoms with Crippen LogP contribution in [0.1, 0.15) is 30.8 Å². The van der Waals surface area contributed by atoms with E-state index in [4.69, 9.17) is 4.52 Å². The summed E-state index contributed by atoms with van der Waals surface area (Å²) in [5.74, 6) is 0.598. The first-order valence-electron chi connectivity index (χ1n) is 6.40. The van der Waals surface area contributed by atoms with Crippen molar-refractivity contribution < 1.29 is 12.9 Å². The Labute approximate surface area is 123 Å². The van der Waals surface area contributed by atoms with Crippen LogP contribution in [0, 0.1) is 13.8 Å². The minimum atomic E-state index is -3.48. The minimum absolute atomic E-state index is 0.0877. The number of rotatable bonds is 5. The summed E-state index contributed by atoms with van der Waals surface area (Å²) in [6.07, 6.45) is 0.747. The average Bonchev–Trinajstić information content (AvgIpc) is 2.95. The van der Waals surface area contributed by atoms with Gasteiger partial charge >= 0.3 is 0 Å². The number of aromatic nitrogens is 1. The second-order valence-electron chi connectivity index (χ2n) is 4.79. The number of aryl methyl sites for hydroxylation is 2. The highest BCUT2D eigenvalue weighted by Crippen LogP contribution is 2.33. The van der Waals surface area contributed by atoms with E-state index in [9.17, 15) is 8.42 Å². The SMILES string of the molecule is CCC(C)NS(=O)(=O)c1cc(-c2cc(C)no2)sc1C. The Kier molecular flexibility index (Phi) is 4.31. The Balaban J connectivity index is 2.37.